The molecule has 1 atom stereocenters. The number of piperidine rings is 1. The number of carbonyl (C=O) groups excluding carboxylic acids is 1. The first-order valence-corrected chi connectivity index (χ1v) is 9.79. The van der Waals surface area contributed by atoms with E-state index in [9.17, 15) is 4.79 Å². The second-order valence-corrected chi connectivity index (χ2v) is 7.95. The minimum atomic E-state index is -0.0371. The summed E-state index contributed by atoms with van der Waals surface area (Å²) in [5, 5.41) is 4.81. The van der Waals surface area contributed by atoms with Crippen LogP contribution in [0.15, 0.2) is 36.4 Å². The Morgan fingerprint density at radius 2 is 1.96 bits per heavy atom. The zero-order valence-electron chi connectivity index (χ0n) is 14.6. The predicted molar refractivity (Wildman–Crippen MR) is 109 cm³/mol. The molecule has 1 saturated heterocycles. The van der Waals surface area contributed by atoms with Gasteiger partial charge in [-0.15, -0.1) is 0 Å². The van der Waals surface area contributed by atoms with Gasteiger partial charge in [-0.05, 0) is 61.7 Å². The van der Waals surface area contributed by atoms with Gasteiger partial charge >= 0.3 is 0 Å². The lowest BCUT2D eigenvalue weighted by Crippen LogP contribution is -2.40. The normalized spacial score (nSPS) is 17.9. The van der Waals surface area contributed by atoms with Crippen LogP contribution in [0, 0.1) is 12.8 Å². The van der Waals surface area contributed by atoms with E-state index in [0.29, 0.717) is 15.1 Å². The van der Waals surface area contributed by atoms with Gasteiger partial charge in [0.1, 0.15) is 0 Å². The Morgan fingerprint density at radius 3 is 2.73 bits per heavy atom. The lowest BCUT2D eigenvalue weighted by Gasteiger charge is -2.32. The molecule has 0 aliphatic carbocycles. The first-order valence-electron chi connectivity index (χ1n) is 8.66. The smallest absolute Gasteiger partial charge is 0.228 e. The van der Waals surface area contributed by atoms with Crippen molar-refractivity contribution in [1.29, 1.82) is 0 Å². The Kier molecular flexibility index (Phi) is 6.46. The van der Waals surface area contributed by atoms with Gasteiger partial charge in [0.05, 0.1) is 16.0 Å². The van der Waals surface area contributed by atoms with Gasteiger partial charge in [0, 0.05) is 23.8 Å². The molecule has 1 amide bonds. The number of hydrogen-bond acceptors (Lipinski definition) is 2. The maximum atomic E-state index is 12.7. The van der Waals surface area contributed by atoms with Crippen LogP contribution in [0.5, 0.6) is 0 Å². The molecular formula is C20H21Cl3N2O. The SMILES string of the molecule is Cc1c(Cl)cccc1NC(=O)C1CCCN(Cc2ccc(Cl)c(Cl)c2)C1. The molecular weight excluding hydrogens is 391 g/mol. The first-order chi connectivity index (χ1) is 12.4. The zero-order chi connectivity index (χ0) is 18.7. The number of rotatable bonds is 4. The van der Waals surface area contributed by atoms with E-state index in [4.69, 9.17) is 34.8 Å². The number of nitrogens with one attached hydrogen (secondary N) is 1. The van der Waals surface area contributed by atoms with Crippen LogP contribution < -0.4 is 5.32 Å². The molecule has 138 valence electrons. The summed E-state index contributed by atoms with van der Waals surface area (Å²) in [5.74, 6) is 0.0131. The highest BCUT2D eigenvalue weighted by Crippen LogP contribution is 2.27. The van der Waals surface area contributed by atoms with E-state index < -0.39 is 0 Å². The largest absolute Gasteiger partial charge is 0.326 e. The van der Waals surface area contributed by atoms with Crippen LogP contribution in [0.4, 0.5) is 5.69 Å². The minimum Gasteiger partial charge on any atom is -0.326 e. The van der Waals surface area contributed by atoms with Crippen molar-refractivity contribution in [3.05, 3.63) is 62.6 Å². The molecule has 0 spiro atoms. The monoisotopic (exact) mass is 410 g/mol. The Hall–Kier alpha value is -1.26. The number of carbonyl (C=O) groups is 1. The summed E-state index contributed by atoms with van der Waals surface area (Å²) in [6.07, 6.45) is 1.89. The van der Waals surface area contributed by atoms with Crippen molar-refractivity contribution >= 4 is 46.4 Å². The topological polar surface area (TPSA) is 32.3 Å². The Bertz CT molecular complexity index is 810. The lowest BCUT2D eigenvalue weighted by molar-refractivity contribution is -0.121. The van der Waals surface area contributed by atoms with Crippen LogP contribution in [0.25, 0.3) is 0 Å². The van der Waals surface area contributed by atoms with Crippen LogP contribution in [0.2, 0.25) is 15.1 Å². The van der Waals surface area contributed by atoms with Crippen molar-refractivity contribution in [2.45, 2.75) is 26.3 Å². The fourth-order valence-corrected chi connectivity index (χ4v) is 3.78. The van der Waals surface area contributed by atoms with Crippen molar-refractivity contribution in [2.24, 2.45) is 5.92 Å². The molecule has 0 bridgehead atoms. The Morgan fingerprint density at radius 1 is 1.15 bits per heavy atom. The molecule has 1 heterocycles. The van der Waals surface area contributed by atoms with Gasteiger partial charge < -0.3 is 5.32 Å². The Labute approximate surface area is 169 Å². The van der Waals surface area contributed by atoms with Crippen LogP contribution in [-0.2, 0) is 11.3 Å². The fourth-order valence-electron chi connectivity index (χ4n) is 3.29. The van der Waals surface area contributed by atoms with E-state index in [1.807, 2.05) is 43.3 Å². The van der Waals surface area contributed by atoms with Gasteiger partial charge in [-0.1, -0.05) is 46.9 Å². The molecule has 2 aromatic rings. The quantitative estimate of drug-likeness (QED) is 0.689. The number of halogens is 3. The molecule has 1 N–H and O–H groups in total. The van der Waals surface area contributed by atoms with E-state index >= 15 is 0 Å². The molecule has 6 heteroatoms. The van der Waals surface area contributed by atoms with Crippen LogP contribution in [0.3, 0.4) is 0 Å². The summed E-state index contributed by atoms with van der Waals surface area (Å²) in [6, 6.07) is 11.2. The molecule has 1 unspecified atom stereocenters. The van der Waals surface area contributed by atoms with Gasteiger partial charge in [0.25, 0.3) is 0 Å². The third-order valence-corrected chi connectivity index (χ3v) is 5.94. The number of benzene rings is 2. The van der Waals surface area contributed by atoms with Crippen molar-refractivity contribution in [3.8, 4) is 0 Å². The highest BCUT2D eigenvalue weighted by Gasteiger charge is 2.26. The zero-order valence-corrected chi connectivity index (χ0v) is 16.8. The van der Waals surface area contributed by atoms with Gasteiger partial charge in [0.15, 0.2) is 0 Å². The second kappa shape index (κ2) is 8.62. The standard InChI is InChI=1S/C20H21Cl3N2O/c1-13-16(21)5-2-6-19(13)24-20(26)15-4-3-9-25(12-15)11-14-7-8-17(22)18(23)10-14/h2,5-8,10,15H,3-4,9,11-12H2,1H3,(H,24,26). The van der Waals surface area contributed by atoms with Crippen LogP contribution in [0.1, 0.15) is 24.0 Å². The highest BCUT2D eigenvalue weighted by atomic mass is 35.5. The average Bonchev–Trinajstić information content (AvgIpc) is 2.62. The third-order valence-electron chi connectivity index (χ3n) is 4.79. The van der Waals surface area contributed by atoms with Gasteiger partial charge in [-0.3, -0.25) is 9.69 Å². The molecule has 0 saturated carbocycles. The minimum absolute atomic E-state index is 0.0371. The highest BCUT2D eigenvalue weighted by molar-refractivity contribution is 6.42. The maximum absolute atomic E-state index is 12.7. The molecule has 1 aliphatic rings. The molecule has 3 rings (SSSR count). The molecule has 1 aliphatic heterocycles. The summed E-state index contributed by atoms with van der Waals surface area (Å²) in [6.45, 7) is 4.37. The van der Waals surface area contributed by atoms with Crippen LogP contribution in [-0.4, -0.2) is 23.9 Å². The van der Waals surface area contributed by atoms with E-state index in [1.165, 1.54) is 0 Å². The molecule has 0 radical (unpaired) electrons. The summed E-state index contributed by atoms with van der Waals surface area (Å²) < 4.78 is 0. The second-order valence-electron chi connectivity index (χ2n) is 6.72. The van der Waals surface area contributed by atoms with E-state index in [2.05, 4.69) is 10.2 Å². The summed E-state index contributed by atoms with van der Waals surface area (Å²) in [4.78, 5) is 15.0. The van der Waals surface area contributed by atoms with Crippen molar-refractivity contribution in [3.63, 3.8) is 0 Å². The van der Waals surface area contributed by atoms with Gasteiger partial charge in [-0.2, -0.15) is 0 Å². The number of nitrogens with zero attached hydrogens (tertiary/aromatic N) is 1. The maximum Gasteiger partial charge on any atom is 0.228 e. The number of amides is 1. The summed E-state index contributed by atoms with van der Waals surface area (Å²) >= 11 is 18.2. The summed E-state index contributed by atoms with van der Waals surface area (Å²) in [5.41, 5.74) is 2.78. The van der Waals surface area contributed by atoms with E-state index in [1.54, 1.807) is 0 Å². The van der Waals surface area contributed by atoms with E-state index in [-0.39, 0.29) is 11.8 Å². The number of hydrogen-bond donors (Lipinski definition) is 1. The van der Waals surface area contributed by atoms with Crippen molar-refractivity contribution < 1.29 is 4.79 Å². The fraction of sp³-hybridized carbons (Fsp3) is 0.350. The van der Waals surface area contributed by atoms with Crippen molar-refractivity contribution in [1.82, 2.24) is 4.90 Å². The molecule has 1 fully saturated rings. The molecule has 2 aromatic carbocycles. The van der Waals surface area contributed by atoms with Gasteiger partial charge in [-0.25, -0.2) is 0 Å². The Balaban J connectivity index is 1.63. The summed E-state index contributed by atoms with van der Waals surface area (Å²) in [7, 11) is 0. The van der Waals surface area contributed by atoms with Crippen molar-refractivity contribution in [2.75, 3.05) is 18.4 Å². The third kappa shape index (κ3) is 4.72. The number of anilines is 1. The van der Waals surface area contributed by atoms with E-state index in [0.717, 1.165) is 49.3 Å². The molecule has 3 nitrogen and oxygen atoms in total. The molecule has 26 heavy (non-hydrogen) atoms. The first kappa shape index (κ1) is 19.5. The molecule has 0 aromatic heterocycles. The number of likely N-dealkylation sites (tertiary alicyclic amines) is 1. The van der Waals surface area contributed by atoms with Gasteiger partial charge in [0.2, 0.25) is 5.91 Å². The average molecular weight is 412 g/mol. The lowest BCUT2D eigenvalue weighted by atomic mass is 9.96. The van der Waals surface area contributed by atoms with Crippen LogP contribution >= 0.6 is 34.8 Å². The predicted octanol–water partition coefficient (Wildman–Crippen LogP) is 5.81.